The maximum atomic E-state index is 15.2. The van der Waals surface area contributed by atoms with Crippen molar-refractivity contribution in [3.8, 4) is 11.3 Å². The van der Waals surface area contributed by atoms with Crippen molar-refractivity contribution < 1.29 is 4.57 Å². The molecule has 0 saturated heterocycles. The normalized spacial score (nSPS) is 11.9. The molecule has 0 fully saturated rings. The Labute approximate surface area is 244 Å². The van der Waals surface area contributed by atoms with Gasteiger partial charge in [0.25, 0.3) is 0 Å². The van der Waals surface area contributed by atoms with Gasteiger partial charge in [0, 0.05) is 43.0 Å². The lowest BCUT2D eigenvalue weighted by Crippen LogP contribution is -2.25. The summed E-state index contributed by atoms with van der Waals surface area (Å²) in [6.07, 6.45) is 0. The smallest absolute Gasteiger partial charge is 0.171 e. The highest BCUT2D eigenvalue weighted by Crippen LogP contribution is 2.44. The zero-order valence-corrected chi connectivity index (χ0v) is 23.7. The average Bonchev–Trinajstić information content (AvgIpc) is 3.08. The molecule has 0 N–H and O–H groups in total. The van der Waals surface area contributed by atoms with Gasteiger partial charge in [0.05, 0.1) is 11.2 Å². The molecule has 3 heteroatoms. The molecule has 0 amide bonds. The number of pyridine rings is 1. The van der Waals surface area contributed by atoms with Crippen LogP contribution < -0.4 is 15.9 Å². The molecule has 2 nitrogen and oxygen atoms in total. The minimum atomic E-state index is -3.14. The summed E-state index contributed by atoms with van der Waals surface area (Å²) in [6, 6.07) is 53.6. The highest BCUT2D eigenvalue weighted by Gasteiger charge is 2.30. The van der Waals surface area contributed by atoms with Crippen molar-refractivity contribution in [2.24, 2.45) is 0 Å². The molecule has 0 bridgehead atoms. The van der Waals surface area contributed by atoms with E-state index < -0.39 is 7.14 Å². The lowest BCUT2D eigenvalue weighted by Gasteiger charge is -2.21. The molecule has 0 spiro atoms. The van der Waals surface area contributed by atoms with E-state index in [0.29, 0.717) is 0 Å². The Hall–Kier alpha value is -5.04. The van der Waals surface area contributed by atoms with Gasteiger partial charge in [-0.05, 0) is 22.2 Å². The molecule has 0 aliphatic rings. The second kappa shape index (κ2) is 9.80. The summed E-state index contributed by atoms with van der Waals surface area (Å²) in [5.41, 5.74) is 2.83. The Balaban J connectivity index is 1.46. The maximum absolute atomic E-state index is 15.2. The second-order valence-electron chi connectivity index (χ2n) is 10.7. The number of benzene rings is 7. The molecule has 0 atom stereocenters. The molecule has 198 valence electrons. The van der Waals surface area contributed by atoms with Crippen molar-refractivity contribution in [2.45, 2.75) is 0 Å². The van der Waals surface area contributed by atoms with E-state index in [-0.39, 0.29) is 0 Å². The molecule has 0 radical (unpaired) electrons. The Bertz CT molecular complexity index is 2280. The lowest BCUT2D eigenvalue weighted by atomic mass is 9.94. The van der Waals surface area contributed by atoms with E-state index in [9.17, 15) is 0 Å². The Morgan fingerprint density at radius 1 is 0.429 bits per heavy atom. The van der Waals surface area contributed by atoms with Gasteiger partial charge in [-0.3, -0.25) is 0 Å². The van der Waals surface area contributed by atoms with Crippen LogP contribution in [-0.4, -0.2) is 4.98 Å². The van der Waals surface area contributed by atoms with Gasteiger partial charge in [-0.1, -0.05) is 152 Å². The van der Waals surface area contributed by atoms with E-state index in [1.807, 2.05) is 72.8 Å². The van der Waals surface area contributed by atoms with Crippen LogP contribution in [0.3, 0.4) is 0 Å². The molecule has 0 saturated carbocycles. The third-order valence-corrected chi connectivity index (χ3v) is 11.4. The predicted octanol–water partition coefficient (Wildman–Crippen LogP) is 9.00. The van der Waals surface area contributed by atoms with E-state index in [1.165, 1.54) is 16.2 Å². The van der Waals surface area contributed by atoms with Crippen molar-refractivity contribution in [1.82, 2.24) is 4.98 Å². The van der Waals surface area contributed by atoms with Gasteiger partial charge in [0.1, 0.15) is 0 Å². The molecule has 1 heterocycles. The van der Waals surface area contributed by atoms with Crippen molar-refractivity contribution in [1.29, 1.82) is 0 Å². The summed E-state index contributed by atoms with van der Waals surface area (Å²) >= 11 is 0. The highest BCUT2D eigenvalue weighted by atomic mass is 31.2. The summed E-state index contributed by atoms with van der Waals surface area (Å²) in [5, 5.41) is 10.5. The van der Waals surface area contributed by atoms with Crippen molar-refractivity contribution in [2.75, 3.05) is 0 Å². The van der Waals surface area contributed by atoms with E-state index >= 15 is 4.57 Å². The first-order valence-electron chi connectivity index (χ1n) is 14.2. The maximum Gasteiger partial charge on any atom is 0.171 e. The molecule has 42 heavy (non-hydrogen) atoms. The van der Waals surface area contributed by atoms with E-state index in [1.54, 1.807) is 0 Å². The Kier molecular flexibility index (Phi) is 5.77. The third-order valence-electron chi connectivity index (χ3n) is 8.30. The zero-order chi connectivity index (χ0) is 28.1. The number of nitrogens with zero attached hydrogens (tertiary/aromatic N) is 1. The largest absolute Gasteiger partial charge is 0.309 e. The molecule has 0 aliphatic heterocycles. The van der Waals surface area contributed by atoms with Crippen LogP contribution >= 0.6 is 7.14 Å². The standard InChI is InChI=1S/C39H26NOP/c41-42(30-15-3-1-4-16-30,31-17-5-2-6-18-31)32-19-11-14-29(26-32)38-35-24-22-27-12-7-9-20-33(27)37(35)36-25-23-28-13-8-10-21-34(28)39(36)40-38/h1-26H. The van der Waals surface area contributed by atoms with E-state index in [0.717, 1.165) is 54.2 Å². The van der Waals surface area contributed by atoms with Gasteiger partial charge in [0.2, 0.25) is 0 Å². The third kappa shape index (κ3) is 3.80. The average molecular weight is 556 g/mol. The first-order valence-corrected chi connectivity index (χ1v) is 15.9. The van der Waals surface area contributed by atoms with Crippen LogP contribution in [0.1, 0.15) is 0 Å². The predicted molar refractivity (Wildman–Crippen MR) is 179 cm³/mol. The van der Waals surface area contributed by atoms with Crippen LogP contribution in [-0.2, 0) is 4.57 Å². The molecule has 0 unspecified atom stereocenters. The van der Waals surface area contributed by atoms with E-state index in [4.69, 9.17) is 4.98 Å². The molecule has 0 aliphatic carbocycles. The fraction of sp³-hybridized carbons (Fsp3) is 0. The summed E-state index contributed by atoms with van der Waals surface area (Å²) in [6.45, 7) is 0. The molecule has 7 aromatic carbocycles. The fourth-order valence-electron chi connectivity index (χ4n) is 6.30. The SMILES string of the molecule is O=P(c1ccccc1)(c1ccccc1)c1cccc(-c2nc3c4ccccc4ccc3c3c2ccc2ccccc23)c1. The molecular formula is C39H26NOP. The van der Waals surface area contributed by atoms with E-state index in [2.05, 4.69) is 84.9 Å². The first-order chi connectivity index (χ1) is 20.7. The Morgan fingerprint density at radius 3 is 1.67 bits per heavy atom. The molecule has 1 aromatic heterocycles. The van der Waals surface area contributed by atoms with Gasteiger partial charge in [-0.2, -0.15) is 0 Å². The fourth-order valence-corrected chi connectivity index (χ4v) is 9.00. The number of fused-ring (bicyclic) bond motifs is 7. The van der Waals surface area contributed by atoms with Crippen molar-refractivity contribution >= 4 is 66.3 Å². The number of rotatable bonds is 4. The summed E-state index contributed by atoms with van der Waals surface area (Å²) in [4.78, 5) is 5.39. The van der Waals surface area contributed by atoms with Crippen LogP contribution in [0.25, 0.3) is 54.5 Å². The lowest BCUT2D eigenvalue weighted by molar-refractivity contribution is 0.592. The summed E-state index contributed by atoms with van der Waals surface area (Å²) < 4.78 is 15.2. The van der Waals surface area contributed by atoms with Gasteiger partial charge in [-0.15, -0.1) is 0 Å². The van der Waals surface area contributed by atoms with Gasteiger partial charge in [0.15, 0.2) is 7.14 Å². The number of hydrogen-bond donors (Lipinski definition) is 0. The van der Waals surface area contributed by atoms with Crippen LogP contribution in [0, 0.1) is 0 Å². The number of aromatic nitrogens is 1. The van der Waals surface area contributed by atoms with Gasteiger partial charge < -0.3 is 4.57 Å². The van der Waals surface area contributed by atoms with Crippen molar-refractivity contribution in [3.63, 3.8) is 0 Å². The first kappa shape index (κ1) is 24.7. The van der Waals surface area contributed by atoms with Crippen LogP contribution in [0.5, 0.6) is 0 Å². The molecule has 8 rings (SSSR count). The zero-order valence-electron chi connectivity index (χ0n) is 22.8. The van der Waals surface area contributed by atoms with Crippen molar-refractivity contribution in [3.05, 3.63) is 158 Å². The van der Waals surface area contributed by atoms with Crippen LogP contribution in [0.15, 0.2) is 158 Å². The Morgan fingerprint density at radius 2 is 0.976 bits per heavy atom. The minimum absolute atomic E-state index is 0.797. The highest BCUT2D eigenvalue weighted by molar-refractivity contribution is 7.85. The number of hydrogen-bond acceptors (Lipinski definition) is 2. The monoisotopic (exact) mass is 555 g/mol. The summed E-state index contributed by atoms with van der Waals surface area (Å²) in [7, 11) is -3.14. The van der Waals surface area contributed by atoms with Gasteiger partial charge in [-0.25, -0.2) is 4.98 Å². The van der Waals surface area contributed by atoms with Crippen LogP contribution in [0.2, 0.25) is 0 Å². The second-order valence-corrected chi connectivity index (χ2v) is 13.5. The van der Waals surface area contributed by atoms with Gasteiger partial charge >= 0.3 is 0 Å². The molecular weight excluding hydrogens is 529 g/mol. The minimum Gasteiger partial charge on any atom is -0.309 e. The quantitative estimate of drug-likeness (QED) is 0.160. The summed E-state index contributed by atoms with van der Waals surface area (Å²) in [5.74, 6) is 0. The van der Waals surface area contributed by atoms with Crippen LogP contribution in [0.4, 0.5) is 0 Å². The molecule has 8 aromatic rings. The topological polar surface area (TPSA) is 30.0 Å².